The first kappa shape index (κ1) is 19.9. The van der Waals surface area contributed by atoms with Gasteiger partial charge in [-0.3, -0.25) is 9.79 Å². The largest absolute Gasteiger partial charge is 0.312 e. The van der Waals surface area contributed by atoms with E-state index in [2.05, 4.69) is 12.2 Å². The number of nitrogens with zero attached hydrogens (tertiary/aromatic N) is 2. The van der Waals surface area contributed by atoms with Crippen molar-refractivity contribution in [1.82, 2.24) is 9.62 Å². The van der Waals surface area contributed by atoms with Gasteiger partial charge in [-0.15, -0.1) is 0 Å². The lowest BCUT2D eigenvalue weighted by Crippen LogP contribution is -2.50. The van der Waals surface area contributed by atoms with Crippen LogP contribution in [0.1, 0.15) is 51.9 Å². The number of sulfonamides is 1. The quantitative estimate of drug-likeness (QED) is 0.809. The van der Waals surface area contributed by atoms with Crippen LogP contribution in [0.3, 0.4) is 0 Å². The van der Waals surface area contributed by atoms with Gasteiger partial charge in [-0.25, -0.2) is 8.42 Å². The molecule has 0 bridgehead atoms. The van der Waals surface area contributed by atoms with Crippen LogP contribution in [0, 0.1) is 5.41 Å². The molecule has 0 unspecified atom stereocenters. The van der Waals surface area contributed by atoms with E-state index in [4.69, 9.17) is 16.6 Å². The lowest BCUT2D eigenvalue weighted by molar-refractivity contribution is -0.125. The highest BCUT2D eigenvalue weighted by atomic mass is 35.5. The Morgan fingerprint density at radius 2 is 1.79 bits per heavy atom. The zero-order valence-electron chi connectivity index (χ0n) is 16.1. The summed E-state index contributed by atoms with van der Waals surface area (Å²) in [5.74, 6) is 0.734. The summed E-state index contributed by atoms with van der Waals surface area (Å²) in [4.78, 5) is 17.9. The highest BCUT2D eigenvalue weighted by Crippen LogP contribution is 2.41. The average Bonchev–Trinajstić information content (AvgIpc) is 3.00. The fourth-order valence-corrected chi connectivity index (χ4v) is 6.33. The third-order valence-corrected chi connectivity index (χ3v) is 8.62. The summed E-state index contributed by atoms with van der Waals surface area (Å²) in [7, 11) is -3.63. The molecule has 4 rings (SSSR count). The van der Waals surface area contributed by atoms with Crippen molar-refractivity contribution in [2.45, 2.75) is 62.3 Å². The van der Waals surface area contributed by atoms with Gasteiger partial charge in [-0.1, -0.05) is 43.9 Å². The molecule has 2 heterocycles. The Kier molecular flexibility index (Phi) is 5.04. The number of amides is 1. The van der Waals surface area contributed by atoms with Gasteiger partial charge in [0.2, 0.25) is 10.0 Å². The van der Waals surface area contributed by atoms with Crippen molar-refractivity contribution >= 4 is 33.4 Å². The summed E-state index contributed by atoms with van der Waals surface area (Å²) in [6.07, 6.45) is 6.43. The minimum atomic E-state index is -3.63. The van der Waals surface area contributed by atoms with Gasteiger partial charge in [0.25, 0.3) is 5.91 Å². The Hall–Kier alpha value is -1.44. The van der Waals surface area contributed by atoms with Crippen LogP contribution >= 0.6 is 11.6 Å². The van der Waals surface area contributed by atoms with Crippen LogP contribution in [0.5, 0.6) is 0 Å². The third kappa shape index (κ3) is 3.37. The van der Waals surface area contributed by atoms with Crippen molar-refractivity contribution in [3.8, 4) is 0 Å². The van der Waals surface area contributed by atoms with Gasteiger partial charge in [0.05, 0.1) is 4.90 Å². The van der Waals surface area contributed by atoms with Crippen LogP contribution in [-0.2, 0) is 14.8 Å². The topological polar surface area (TPSA) is 78.8 Å². The molecule has 1 spiro atoms. The van der Waals surface area contributed by atoms with Crippen molar-refractivity contribution in [1.29, 1.82) is 0 Å². The van der Waals surface area contributed by atoms with E-state index in [0.717, 1.165) is 31.5 Å². The van der Waals surface area contributed by atoms with E-state index in [9.17, 15) is 13.2 Å². The van der Waals surface area contributed by atoms with Crippen LogP contribution in [0.25, 0.3) is 0 Å². The standard InChI is InChI=1S/C20H26ClN3O3S/c1-19(8-3-2-4-9-19)17-22-18(25)20(23-17)10-12-24(13-11-20)28(26,27)16-7-5-6-15(21)14-16/h5-7,14H,2-4,8-13H2,1H3,(H,22,23,25). The number of rotatable bonds is 3. The van der Waals surface area contributed by atoms with E-state index >= 15 is 0 Å². The molecule has 1 saturated heterocycles. The van der Waals surface area contributed by atoms with Gasteiger partial charge in [-0.05, 0) is 43.9 Å². The van der Waals surface area contributed by atoms with Crippen LogP contribution in [0.4, 0.5) is 0 Å². The molecule has 1 aromatic rings. The molecule has 8 heteroatoms. The highest BCUT2D eigenvalue weighted by Gasteiger charge is 2.50. The average molecular weight is 424 g/mol. The molecule has 0 aromatic heterocycles. The zero-order chi connectivity index (χ0) is 20.0. The van der Waals surface area contributed by atoms with E-state index < -0.39 is 15.6 Å². The fraction of sp³-hybridized carbons (Fsp3) is 0.600. The molecule has 1 saturated carbocycles. The number of nitrogens with one attached hydrogen (secondary N) is 1. The number of amidine groups is 1. The molecule has 0 atom stereocenters. The van der Waals surface area contributed by atoms with Gasteiger partial charge < -0.3 is 5.32 Å². The highest BCUT2D eigenvalue weighted by molar-refractivity contribution is 7.89. The van der Waals surface area contributed by atoms with E-state index in [0.29, 0.717) is 17.9 Å². The summed E-state index contributed by atoms with van der Waals surface area (Å²) in [5, 5.41) is 3.43. The number of hydrogen-bond acceptors (Lipinski definition) is 4. The monoisotopic (exact) mass is 423 g/mol. The molecule has 1 aliphatic carbocycles. The second-order valence-electron chi connectivity index (χ2n) is 8.43. The molecular formula is C20H26ClN3O3S. The first-order valence-corrected chi connectivity index (χ1v) is 11.7. The number of carbonyl (C=O) groups excluding carboxylic acids is 1. The van der Waals surface area contributed by atoms with Gasteiger partial charge in [0, 0.05) is 23.5 Å². The molecule has 6 nitrogen and oxygen atoms in total. The van der Waals surface area contributed by atoms with Gasteiger partial charge in [-0.2, -0.15) is 4.31 Å². The number of piperidine rings is 1. The summed E-state index contributed by atoms with van der Waals surface area (Å²) in [6.45, 7) is 2.73. The molecule has 1 N–H and O–H groups in total. The maximum absolute atomic E-state index is 12.9. The second kappa shape index (κ2) is 7.11. The van der Waals surface area contributed by atoms with Crippen molar-refractivity contribution in [3.05, 3.63) is 29.3 Å². The Morgan fingerprint density at radius 3 is 2.43 bits per heavy atom. The normalized spacial score (nSPS) is 24.8. The molecule has 2 aliphatic heterocycles. The van der Waals surface area contributed by atoms with Crippen molar-refractivity contribution in [2.24, 2.45) is 10.4 Å². The van der Waals surface area contributed by atoms with Crippen molar-refractivity contribution in [3.63, 3.8) is 0 Å². The van der Waals surface area contributed by atoms with E-state index in [1.165, 1.54) is 16.8 Å². The number of aliphatic imine (C=N–C) groups is 1. The Balaban J connectivity index is 1.52. The minimum Gasteiger partial charge on any atom is -0.312 e. The van der Waals surface area contributed by atoms with Crippen LogP contribution < -0.4 is 5.32 Å². The number of benzene rings is 1. The lowest BCUT2D eigenvalue weighted by atomic mass is 9.75. The smallest absolute Gasteiger partial charge is 0.253 e. The van der Waals surface area contributed by atoms with E-state index in [-0.39, 0.29) is 29.3 Å². The summed E-state index contributed by atoms with van der Waals surface area (Å²) in [6, 6.07) is 6.29. The van der Waals surface area contributed by atoms with Gasteiger partial charge in [0.15, 0.2) is 0 Å². The molecule has 0 radical (unpaired) electrons. The van der Waals surface area contributed by atoms with Gasteiger partial charge in [0.1, 0.15) is 11.4 Å². The first-order valence-electron chi connectivity index (χ1n) is 9.93. The fourth-order valence-electron chi connectivity index (χ4n) is 4.58. The molecular weight excluding hydrogens is 398 g/mol. The first-order chi connectivity index (χ1) is 13.3. The van der Waals surface area contributed by atoms with E-state index in [1.54, 1.807) is 18.2 Å². The van der Waals surface area contributed by atoms with Crippen LogP contribution in [0.2, 0.25) is 5.02 Å². The number of carbonyl (C=O) groups is 1. The Bertz CT molecular complexity index is 914. The molecule has 1 amide bonds. The third-order valence-electron chi connectivity index (χ3n) is 6.49. The van der Waals surface area contributed by atoms with Crippen molar-refractivity contribution in [2.75, 3.05) is 13.1 Å². The lowest BCUT2D eigenvalue weighted by Gasteiger charge is -2.35. The molecule has 152 valence electrons. The molecule has 28 heavy (non-hydrogen) atoms. The summed E-state index contributed by atoms with van der Waals surface area (Å²) < 4.78 is 27.3. The zero-order valence-corrected chi connectivity index (χ0v) is 17.7. The number of halogens is 1. The van der Waals surface area contributed by atoms with Crippen LogP contribution in [0.15, 0.2) is 34.2 Å². The molecule has 2 fully saturated rings. The maximum atomic E-state index is 12.9. The minimum absolute atomic E-state index is 0.0680. The Morgan fingerprint density at radius 1 is 1.11 bits per heavy atom. The predicted molar refractivity (Wildman–Crippen MR) is 109 cm³/mol. The molecule has 3 aliphatic rings. The predicted octanol–water partition coefficient (Wildman–Crippen LogP) is 3.36. The summed E-state index contributed by atoms with van der Waals surface area (Å²) in [5.41, 5.74) is -0.891. The Labute approximate surface area is 171 Å². The maximum Gasteiger partial charge on any atom is 0.253 e. The summed E-state index contributed by atoms with van der Waals surface area (Å²) >= 11 is 5.96. The van der Waals surface area contributed by atoms with Crippen molar-refractivity contribution < 1.29 is 13.2 Å². The van der Waals surface area contributed by atoms with Gasteiger partial charge >= 0.3 is 0 Å². The second-order valence-corrected chi connectivity index (χ2v) is 10.8. The number of hydrogen-bond donors (Lipinski definition) is 1. The SMILES string of the molecule is CC1(C2=NC3(CCN(S(=O)(=O)c4cccc(Cl)c4)CC3)C(=O)N2)CCCCC1. The van der Waals surface area contributed by atoms with E-state index in [1.807, 2.05) is 0 Å². The molecule has 1 aromatic carbocycles. The van der Waals surface area contributed by atoms with Crippen LogP contribution in [-0.4, -0.2) is 43.1 Å².